The molecule has 0 saturated carbocycles. The van der Waals surface area contributed by atoms with E-state index in [1.165, 1.54) is 16.7 Å². The molecular weight excluding hydrogens is 408 g/mol. The van der Waals surface area contributed by atoms with Crippen LogP contribution in [0.25, 0.3) is 22.0 Å². The van der Waals surface area contributed by atoms with Crippen molar-refractivity contribution in [2.45, 2.75) is 25.8 Å². The van der Waals surface area contributed by atoms with Gasteiger partial charge in [-0.15, -0.1) is 0 Å². The number of nitrogens with zero attached hydrogens (tertiary/aromatic N) is 2. The van der Waals surface area contributed by atoms with Crippen LogP contribution in [0, 0.1) is 0 Å². The molecule has 4 aromatic rings. The lowest BCUT2D eigenvalue weighted by Crippen LogP contribution is -2.40. The molecule has 4 heteroatoms. The number of morpholine rings is 1. The molecule has 5 rings (SSSR count). The Labute approximate surface area is 195 Å². The van der Waals surface area contributed by atoms with Crippen molar-refractivity contribution < 1.29 is 9.53 Å². The molecule has 0 atom stereocenters. The highest BCUT2D eigenvalue weighted by molar-refractivity contribution is 6.07. The normalized spacial score (nSPS) is 14.0. The van der Waals surface area contributed by atoms with Gasteiger partial charge in [0.2, 0.25) is 0 Å². The number of ether oxygens (including phenoxy) is 1. The van der Waals surface area contributed by atoms with E-state index >= 15 is 0 Å². The lowest BCUT2D eigenvalue weighted by Gasteiger charge is -2.26. The fourth-order valence-electron chi connectivity index (χ4n) is 4.64. The van der Waals surface area contributed by atoms with Crippen molar-refractivity contribution >= 4 is 16.8 Å². The minimum atomic E-state index is 0.117. The zero-order valence-electron chi connectivity index (χ0n) is 19.0. The van der Waals surface area contributed by atoms with Gasteiger partial charge < -0.3 is 14.2 Å². The van der Waals surface area contributed by atoms with Gasteiger partial charge in [0.1, 0.15) is 0 Å². The highest BCUT2D eigenvalue weighted by Crippen LogP contribution is 2.24. The Morgan fingerprint density at radius 3 is 2.27 bits per heavy atom. The molecule has 2 heterocycles. The summed E-state index contributed by atoms with van der Waals surface area (Å²) in [4.78, 5) is 15.0. The summed E-state index contributed by atoms with van der Waals surface area (Å²) in [5, 5.41) is 1.05. The van der Waals surface area contributed by atoms with E-state index in [0.29, 0.717) is 26.3 Å². The number of hydrogen-bond acceptors (Lipinski definition) is 2. The number of para-hydroxylation sites is 1. The molecule has 1 aliphatic heterocycles. The lowest BCUT2D eigenvalue weighted by molar-refractivity contribution is 0.0304. The highest BCUT2D eigenvalue weighted by atomic mass is 16.5. The number of amides is 1. The van der Waals surface area contributed by atoms with Gasteiger partial charge in [-0.05, 0) is 42.0 Å². The quantitative estimate of drug-likeness (QED) is 0.342. The molecule has 168 valence electrons. The van der Waals surface area contributed by atoms with Gasteiger partial charge in [-0.2, -0.15) is 0 Å². The number of rotatable bonds is 7. The molecule has 0 N–H and O–H groups in total. The van der Waals surface area contributed by atoms with E-state index < -0.39 is 0 Å². The predicted octanol–water partition coefficient (Wildman–Crippen LogP) is 5.80. The van der Waals surface area contributed by atoms with Crippen LogP contribution in [0.15, 0.2) is 85.1 Å². The molecule has 4 nitrogen and oxygen atoms in total. The van der Waals surface area contributed by atoms with Crippen molar-refractivity contribution in [1.82, 2.24) is 9.47 Å². The molecular formula is C29H30N2O2. The molecule has 1 aliphatic rings. The Hall–Kier alpha value is -3.37. The maximum atomic E-state index is 13.1. The van der Waals surface area contributed by atoms with E-state index in [4.69, 9.17) is 4.74 Å². The van der Waals surface area contributed by atoms with Crippen LogP contribution in [0.2, 0.25) is 0 Å². The summed E-state index contributed by atoms with van der Waals surface area (Å²) in [6.45, 7) is 3.50. The summed E-state index contributed by atoms with van der Waals surface area (Å²) in [5.41, 5.74) is 5.84. The number of carbonyl (C=O) groups excluding carboxylic acids is 1. The van der Waals surface area contributed by atoms with Crippen LogP contribution < -0.4 is 0 Å². The Balaban J connectivity index is 1.22. The van der Waals surface area contributed by atoms with Gasteiger partial charge in [-0.25, -0.2) is 0 Å². The van der Waals surface area contributed by atoms with Gasteiger partial charge >= 0.3 is 0 Å². The van der Waals surface area contributed by atoms with Gasteiger partial charge in [0.15, 0.2) is 0 Å². The van der Waals surface area contributed by atoms with Crippen LogP contribution in [-0.2, 0) is 17.7 Å². The Bertz CT molecular complexity index is 1210. The first-order chi connectivity index (χ1) is 16.3. The molecule has 1 amide bonds. The second-order valence-electron chi connectivity index (χ2n) is 8.68. The average Bonchev–Trinajstić information content (AvgIpc) is 3.26. The molecule has 0 radical (unpaired) electrons. The molecule has 33 heavy (non-hydrogen) atoms. The van der Waals surface area contributed by atoms with Crippen LogP contribution in [-0.4, -0.2) is 41.7 Å². The smallest absolute Gasteiger partial charge is 0.256 e. The summed E-state index contributed by atoms with van der Waals surface area (Å²) >= 11 is 0. The second kappa shape index (κ2) is 10.1. The largest absolute Gasteiger partial charge is 0.378 e. The van der Waals surface area contributed by atoms with Gasteiger partial charge in [0.25, 0.3) is 5.91 Å². The Kier molecular flexibility index (Phi) is 6.54. The van der Waals surface area contributed by atoms with Crippen molar-refractivity contribution in [3.8, 4) is 11.1 Å². The average molecular weight is 439 g/mol. The lowest BCUT2D eigenvalue weighted by atomic mass is 10.0. The minimum absolute atomic E-state index is 0.117. The standard InChI is InChI=1S/C29H30N2O2/c32-29(30-18-20-33-21-19-30)27-22-31(28-12-5-4-11-26(27)28)17-7-6-8-23-13-15-25(16-14-23)24-9-2-1-3-10-24/h1-5,9-16,22H,6-8,17-21H2. The number of aryl methyl sites for hydroxylation is 2. The SMILES string of the molecule is O=C(c1cn(CCCCc2ccc(-c3ccccc3)cc2)c2ccccc12)N1CCOCC1. The van der Waals surface area contributed by atoms with E-state index in [9.17, 15) is 4.79 Å². The Morgan fingerprint density at radius 2 is 1.48 bits per heavy atom. The van der Waals surface area contributed by atoms with Crippen molar-refractivity contribution in [2.24, 2.45) is 0 Å². The zero-order valence-corrected chi connectivity index (χ0v) is 19.0. The first-order valence-corrected chi connectivity index (χ1v) is 11.9. The monoisotopic (exact) mass is 438 g/mol. The molecule has 0 spiro atoms. The first-order valence-electron chi connectivity index (χ1n) is 11.9. The second-order valence-corrected chi connectivity index (χ2v) is 8.68. The third-order valence-corrected chi connectivity index (χ3v) is 6.49. The topological polar surface area (TPSA) is 34.5 Å². The van der Waals surface area contributed by atoms with Gasteiger partial charge in [-0.3, -0.25) is 4.79 Å². The molecule has 0 bridgehead atoms. The molecule has 1 saturated heterocycles. The van der Waals surface area contributed by atoms with E-state index in [0.717, 1.165) is 42.3 Å². The number of carbonyl (C=O) groups is 1. The fourth-order valence-corrected chi connectivity index (χ4v) is 4.64. The molecule has 3 aromatic carbocycles. The summed E-state index contributed by atoms with van der Waals surface area (Å²) in [6, 6.07) is 27.7. The maximum absolute atomic E-state index is 13.1. The van der Waals surface area contributed by atoms with Gasteiger partial charge in [-0.1, -0.05) is 72.8 Å². The maximum Gasteiger partial charge on any atom is 0.256 e. The van der Waals surface area contributed by atoms with Crippen LogP contribution in [0.1, 0.15) is 28.8 Å². The van der Waals surface area contributed by atoms with Crippen LogP contribution in [0.5, 0.6) is 0 Å². The number of aromatic nitrogens is 1. The van der Waals surface area contributed by atoms with Crippen molar-refractivity contribution in [2.75, 3.05) is 26.3 Å². The molecule has 0 unspecified atom stereocenters. The summed E-state index contributed by atoms with van der Waals surface area (Å²) in [6.07, 6.45) is 5.30. The number of fused-ring (bicyclic) bond motifs is 1. The van der Waals surface area contributed by atoms with Gasteiger partial charge in [0.05, 0.1) is 18.8 Å². The summed E-state index contributed by atoms with van der Waals surface area (Å²) < 4.78 is 7.66. The van der Waals surface area contributed by atoms with Crippen LogP contribution in [0.4, 0.5) is 0 Å². The molecule has 1 aromatic heterocycles. The zero-order chi connectivity index (χ0) is 22.5. The number of hydrogen-bond donors (Lipinski definition) is 0. The number of unbranched alkanes of at least 4 members (excludes halogenated alkanes) is 1. The van der Waals surface area contributed by atoms with E-state index in [2.05, 4.69) is 77.5 Å². The molecule has 1 fully saturated rings. The van der Waals surface area contributed by atoms with E-state index in [1.807, 2.05) is 17.0 Å². The summed E-state index contributed by atoms with van der Waals surface area (Å²) in [7, 11) is 0. The highest BCUT2D eigenvalue weighted by Gasteiger charge is 2.22. The third kappa shape index (κ3) is 4.86. The first kappa shape index (κ1) is 21.5. The third-order valence-electron chi connectivity index (χ3n) is 6.49. The molecule has 0 aliphatic carbocycles. The number of benzene rings is 3. The van der Waals surface area contributed by atoms with Gasteiger partial charge in [0, 0.05) is 36.7 Å². The van der Waals surface area contributed by atoms with E-state index in [-0.39, 0.29) is 5.91 Å². The van der Waals surface area contributed by atoms with Crippen molar-refractivity contribution in [1.29, 1.82) is 0 Å². The summed E-state index contributed by atoms with van der Waals surface area (Å²) in [5.74, 6) is 0.117. The van der Waals surface area contributed by atoms with E-state index in [1.54, 1.807) is 0 Å². The van der Waals surface area contributed by atoms with Crippen LogP contribution in [0.3, 0.4) is 0 Å². The van der Waals surface area contributed by atoms with Crippen molar-refractivity contribution in [3.05, 3.63) is 96.2 Å². The van der Waals surface area contributed by atoms with Crippen LogP contribution >= 0.6 is 0 Å². The predicted molar refractivity (Wildman–Crippen MR) is 133 cm³/mol. The van der Waals surface area contributed by atoms with Crippen molar-refractivity contribution in [3.63, 3.8) is 0 Å². The Morgan fingerprint density at radius 1 is 0.788 bits per heavy atom. The minimum Gasteiger partial charge on any atom is -0.378 e. The fraction of sp³-hybridized carbons (Fsp3) is 0.276.